The number of amides is 2. The van der Waals surface area contributed by atoms with E-state index in [1.807, 2.05) is 0 Å². The molecule has 0 unspecified atom stereocenters. The first-order chi connectivity index (χ1) is 11.2. The third-order valence-electron chi connectivity index (χ3n) is 3.92. The molecule has 0 fully saturated rings. The molecule has 0 saturated heterocycles. The number of halogens is 1. The number of nitrogens with zero attached hydrogens (tertiary/aromatic N) is 3. The van der Waals surface area contributed by atoms with Gasteiger partial charge in [0.25, 0.3) is 0 Å². The van der Waals surface area contributed by atoms with E-state index in [-0.39, 0.29) is 6.03 Å². The van der Waals surface area contributed by atoms with Gasteiger partial charge in [-0.15, -0.1) is 10.2 Å². The van der Waals surface area contributed by atoms with Crippen molar-refractivity contribution in [3.63, 3.8) is 0 Å². The highest BCUT2D eigenvalue weighted by Crippen LogP contribution is 2.15. The van der Waals surface area contributed by atoms with Crippen molar-refractivity contribution in [1.82, 2.24) is 20.1 Å². The fourth-order valence-corrected chi connectivity index (χ4v) is 2.85. The Morgan fingerprint density at radius 3 is 2.83 bits per heavy atom. The third kappa shape index (κ3) is 4.22. The van der Waals surface area contributed by atoms with Crippen molar-refractivity contribution in [2.45, 2.75) is 38.6 Å². The van der Waals surface area contributed by atoms with Crippen molar-refractivity contribution in [3.05, 3.63) is 40.9 Å². The van der Waals surface area contributed by atoms with Gasteiger partial charge in [0, 0.05) is 36.6 Å². The topological polar surface area (TPSA) is 71.8 Å². The molecule has 0 saturated carbocycles. The predicted octanol–water partition coefficient (Wildman–Crippen LogP) is 3.02. The Morgan fingerprint density at radius 2 is 2.00 bits per heavy atom. The second-order valence-corrected chi connectivity index (χ2v) is 6.07. The van der Waals surface area contributed by atoms with Gasteiger partial charge in [-0.3, -0.25) is 0 Å². The Labute approximate surface area is 140 Å². The van der Waals surface area contributed by atoms with Crippen molar-refractivity contribution in [1.29, 1.82) is 0 Å². The number of aryl methyl sites for hydroxylation is 1. The van der Waals surface area contributed by atoms with Crippen LogP contribution in [0.1, 0.15) is 30.9 Å². The minimum Gasteiger partial charge on any atom is -0.337 e. The van der Waals surface area contributed by atoms with Gasteiger partial charge in [0.15, 0.2) is 0 Å². The van der Waals surface area contributed by atoms with Crippen molar-refractivity contribution < 1.29 is 4.79 Å². The normalized spacial score (nSPS) is 14.0. The van der Waals surface area contributed by atoms with Crippen molar-refractivity contribution >= 4 is 23.3 Å². The third-order valence-corrected chi connectivity index (χ3v) is 4.17. The Balaban J connectivity index is 1.48. The van der Waals surface area contributed by atoms with Crippen LogP contribution in [0.5, 0.6) is 0 Å². The Bertz CT molecular complexity index is 668. The van der Waals surface area contributed by atoms with E-state index in [0.29, 0.717) is 23.7 Å². The lowest BCUT2D eigenvalue weighted by Gasteiger charge is -2.09. The van der Waals surface area contributed by atoms with Crippen LogP contribution in [0.25, 0.3) is 0 Å². The van der Waals surface area contributed by atoms with Crippen LogP contribution in [-0.2, 0) is 19.4 Å². The first-order valence-corrected chi connectivity index (χ1v) is 8.31. The van der Waals surface area contributed by atoms with Gasteiger partial charge in [0.2, 0.25) is 0 Å². The summed E-state index contributed by atoms with van der Waals surface area (Å²) in [5.74, 6) is 2.02. The number of benzene rings is 1. The second-order valence-electron chi connectivity index (χ2n) is 5.63. The number of carbonyl (C=O) groups is 1. The highest BCUT2D eigenvalue weighted by atomic mass is 35.5. The molecule has 2 N–H and O–H groups in total. The molecule has 1 aromatic carbocycles. The number of anilines is 1. The summed E-state index contributed by atoms with van der Waals surface area (Å²) >= 11 is 5.81. The average Bonchev–Trinajstić information content (AvgIpc) is 2.78. The molecule has 6 nitrogen and oxygen atoms in total. The molecule has 1 aromatic heterocycles. The standard InChI is InChI=1S/C16H20ClN5O/c17-12-5-7-13(8-6-12)19-16(23)18-10-9-15-21-20-14-4-2-1-3-11-22(14)15/h5-8H,1-4,9-11H2,(H2,18,19,23). The maximum absolute atomic E-state index is 11.9. The van der Waals surface area contributed by atoms with Gasteiger partial charge in [-0.05, 0) is 37.1 Å². The van der Waals surface area contributed by atoms with Crippen LogP contribution in [0.4, 0.5) is 10.5 Å². The quantitative estimate of drug-likeness (QED) is 0.903. The molecule has 2 aromatic rings. The molecule has 0 radical (unpaired) electrons. The maximum Gasteiger partial charge on any atom is 0.319 e. The highest BCUT2D eigenvalue weighted by Gasteiger charge is 2.14. The number of nitrogens with one attached hydrogen (secondary N) is 2. The average molecular weight is 334 g/mol. The molecule has 0 bridgehead atoms. The van der Waals surface area contributed by atoms with Gasteiger partial charge in [-0.25, -0.2) is 4.79 Å². The molecule has 122 valence electrons. The molecular formula is C16H20ClN5O. The van der Waals surface area contributed by atoms with E-state index in [2.05, 4.69) is 25.4 Å². The summed E-state index contributed by atoms with van der Waals surface area (Å²) in [6.07, 6.45) is 5.27. The number of urea groups is 1. The number of hydrogen-bond donors (Lipinski definition) is 2. The fourth-order valence-electron chi connectivity index (χ4n) is 2.73. The lowest BCUT2D eigenvalue weighted by atomic mass is 10.2. The summed E-state index contributed by atoms with van der Waals surface area (Å²) in [6.45, 7) is 1.51. The van der Waals surface area contributed by atoms with E-state index >= 15 is 0 Å². The number of carbonyl (C=O) groups excluding carboxylic acids is 1. The van der Waals surface area contributed by atoms with Crippen molar-refractivity contribution in [2.24, 2.45) is 0 Å². The van der Waals surface area contributed by atoms with Gasteiger partial charge in [-0.2, -0.15) is 0 Å². The van der Waals surface area contributed by atoms with Gasteiger partial charge in [-0.1, -0.05) is 18.0 Å². The van der Waals surface area contributed by atoms with Crippen molar-refractivity contribution in [3.8, 4) is 0 Å². The minimum absolute atomic E-state index is 0.233. The molecule has 2 amide bonds. The first-order valence-electron chi connectivity index (χ1n) is 7.94. The molecule has 23 heavy (non-hydrogen) atoms. The van der Waals surface area contributed by atoms with E-state index in [4.69, 9.17) is 11.6 Å². The number of aromatic nitrogens is 3. The summed E-state index contributed by atoms with van der Waals surface area (Å²) < 4.78 is 2.20. The van der Waals surface area contributed by atoms with Crippen LogP contribution in [0.15, 0.2) is 24.3 Å². The highest BCUT2D eigenvalue weighted by molar-refractivity contribution is 6.30. The molecule has 0 aliphatic carbocycles. The van der Waals surface area contributed by atoms with Crippen LogP contribution in [-0.4, -0.2) is 27.3 Å². The molecule has 1 aliphatic rings. The van der Waals surface area contributed by atoms with Crippen LogP contribution in [0.2, 0.25) is 5.02 Å². The minimum atomic E-state index is -0.233. The van der Waals surface area contributed by atoms with Gasteiger partial charge in [0.1, 0.15) is 11.6 Å². The van der Waals surface area contributed by atoms with Gasteiger partial charge >= 0.3 is 6.03 Å². The lowest BCUT2D eigenvalue weighted by molar-refractivity contribution is 0.252. The molecule has 7 heteroatoms. The zero-order chi connectivity index (χ0) is 16.1. The lowest BCUT2D eigenvalue weighted by Crippen LogP contribution is -2.31. The van der Waals surface area contributed by atoms with E-state index in [1.54, 1.807) is 24.3 Å². The summed E-state index contributed by atoms with van der Waals surface area (Å²) in [4.78, 5) is 11.9. The molecule has 0 atom stereocenters. The molecule has 1 aliphatic heterocycles. The summed E-state index contributed by atoms with van der Waals surface area (Å²) in [5, 5.41) is 14.8. The monoisotopic (exact) mass is 333 g/mol. The predicted molar refractivity (Wildman–Crippen MR) is 89.8 cm³/mol. The van der Waals surface area contributed by atoms with Crippen LogP contribution in [0, 0.1) is 0 Å². The Morgan fingerprint density at radius 1 is 1.17 bits per heavy atom. The second kappa shape index (κ2) is 7.46. The van der Waals surface area contributed by atoms with E-state index in [1.165, 1.54) is 19.3 Å². The number of fused-ring (bicyclic) bond motifs is 1. The Kier molecular flexibility index (Phi) is 5.12. The smallest absolute Gasteiger partial charge is 0.319 e. The van der Waals surface area contributed by atoms with E-state index < -0.39 is 0 Å². The Hall–Kier alpha value is -2.08. The maximum atomic E-state index is 11.9. The zero-order valence-corrected chi connectivity index (χ0v) is 13.6. The SMILES string of the molecule is O=C(NCCc1nnc2n1CCCCC2)Nc1ccc(Cl)cc1. The van der Waals surface area contributed by atoms with E-state index in [0.717, 1.165) is 24.6 Å². The van der Waals surface area contributed by atoms with Gasteiger partial charge < -0.3 is 15.2 Å². The summed E-state index contributed by atoms with van der Waals surface area (Å²) in [5.41, 5.74) is 0.711. The number of hydrogen-bond acceptors (Lipinski definition) is 3. The van der Waals surface area contributed by atoms with E-state index in [9.17, 15) is 4.79 Å². The van der Waals surface area contributed by atoms with Crippen LogP contribution < -0.4 is 10.6 Å². The molecule has 0 spiro atoms. The zero-order valence-electron chi connectivity index (χ0n) is 12.9. The first kappa shape index (κ1) is 15.8. The summed E-state index contributed by atoms with van der Waals surface area (Å²) in [6, 6.07) is 6.77. The fraction of sp³-hybridized carbons (Fsp3) is 0.438. The number of rotatable bonds is 4. The van der Waals surface area contributed by atoms with Crippen molar-refractivity contribution in [2.75, 3.05) is 11.9 Å². The van der Waals surface area contributed by atoms with Gasteiger partial charge in [0.05, 0.1) is 0 Å². The van der Waals surface area contributed by atoms with Crippen LogP contribution >= 0.6 is 11.6 Å². The molecular weight excluding hydrogens is 314 g/mol. The molecule has 2 heterocycles. The summed E-state index contributed by atoms with van der Waals surface area (Å²) in [7, 11) is 0. The largest absolute Gasteiger partial charge is 0.337 e. The van der Waals surface area contributed by atoms with Crippen LogP contribution in [0.3, 0.4) is 0 Å². The molecule has 3 rings (SSSR count).